The van der Waals surface area contributed by atoms with Crippen molar-refractivity contribution in [3.8, 4) is 11.3 Å². The Morgan fingerprint density at radius 3 is 2.52 bits per heavy atom. The topological polar surface area (TPSA) is 136 Å². The summed E-state index contributed by atoms with van der Waals surface area (Å²) in [6.45, 7) is 3.59. The van der Waals surface area contributed by atoms with Gasteiger partial charge in [-0.2, -0.15) is 17.7 Å². The van der Waals surface area contributed by atoms with E-state index in [9.17, 15) is 17.6 Å². The number of nitrogens with two attached hydrogens (primary N) is 1. The first-order valence-electron chi connectivity index (χ1n) is 8.56. The molecule has 0 saturated heterocycles. The van der Waals surface area contributed by atoms with Crippen molar-refractivity contribution in [1.29, 1.82) is 0 Å². The number of nitrogen functional groups attached to an aromatic ring is 1. The van der Waals surface area contributed by atoms with Crippen LogP contribution in [0.2, 0.25) is 0 Å². The van der Waals surface area contributed by atoms with Gasteiger partial charge in [0, 0.05) is 25.7 Å². The zero-order valence-electron chi connectivity index (χ0n) is 16.2. The fourth-order valence-corrected chi connectivity index (χ4v) is 3.28. The molecule has 3 rings (SSSR count). The van der Waals surface area contributed by atoms with Crippen molar-refractivity contribution >= 4 is 33.0 Å². The molecule has 1 aromatic carbocycles. The molecule has 2 heterocycles. The van der Waals surface area contributed by atoms with Gasteiger partial charge in [-0.1, -0.05) is 6.07 Å². The molecule has 0 aliphatic carbocycles. The molecule has 0 aliphatic rings. The fourth-order valence-electron chi connectivity index (χ4n) is 2.66. The van der Waals surface area contributed by atoms with E-state index in [1.54, 1.807) is 13.8 Å². The quantitative estimate of drug-likeness (QED) is 0.635. The van der Waals surface area contributed by atoms with Crippen molar-refractivity contribution in [2.45, 2.75) is 19.9 Å². The van der Waals surface area contributed by atoms with Gasteiger partial charge >= 0.3 is 10.2 Å². The third-order valence-corrected chi connectivity index (χ3v) is 5.57. The highest BCUT2D eigenvalue weighted by molar-refractivity contribution is 7.90. The first kappa shape index (κ1) is 20.6. The molecule has 0 atom stereocenters. The number of nitrogens with one attached hydrogen (secondary N) is 1. The normalized spacial score (nSPS) is 12.1. The average molecular weight is 421 g/mol. The highest BCUT2D eigenvalue weighted by Gasteiger charge is 2.19. The summed E-state index contributed by atoms with van der Waals surface area (Å²) in [6, 6.07) is 3.42. The van der Waals surface area contributed by atoms with Crippen LogP contribution in [0.1, 0.15) is 19.9 Å². The van der Waals surface area contributed by atoms with Gasteiger partial charge in [-0.3, -0.25) is 14.1 Å². The van der Waals surface area contributed by atoms with Crippen LogP contribution in [0.4, 0.5) is 16.0 Å². The van der Waals surface area contributed by atoms with E-state index in [0.29, 0.717) is 5.52 Å². The van der Waals surface area contributed by atoms with Crippen LogP contribution in [-0.4, -0.2) is 46.3 Å². The maximum atomic E-state index is 14.6. The van der Waals surface area contributed by atoms with Gasteiger partial charge in [0.2, 0.25) is 5.95 Å². The zero-order valence-corrected chi connectivity index (χ0v) is 17.0. The third-order valence-electron chi connectivity index (χ3n) is 4.13. The molecule has 3 aromatic rings. The molecule has 0 unspecified atom stereocenters. The molecule has 0 amide bonds. The summed E-state index contributed by atoms with van der Waals surface area (Å²) in [7, 11) is -1.24. The van der Waals surface area contributed by atoms with Crippen LogP contribution in [-0.2, 0) is 10.2 Å². The number of hydrogen-bond donors (Lipinski definition) is 2. The number of hydrogen-bond acceptors (Lipinski definition) is 7. The van der Waals surface area contributed by atoms with Crippen molar-refractivity contribution in [3.63, 3.8) is 0 Å². The van der Waals surface area contributed by atoms with E-state index in [1.165, 1.54) is 37.0 Å². The van der Waals surface area contributed by atoms with Gasteiger partial charge in [-0.25, -0.2) is 14.4 Å². The number of benzene rings is 1. The summed E-state index contributed by atoms with van der Waals surface area (Å²) in [5.74, 6) is -0.844. The lowest BCUT2D eigenvalue weighted by molar-refractivity contribution is 0.526. The van der Waals surface area contributed by atoms with Crippen LogP contribution in [0.15, 0.2) is 29.2 Å². The Labute approximate surface area is 166 Å². The van der Waals surface area contributed by atoms with Crippen LogP contribution in [0.25, 0.3) is 22.4 Å². The lowest BCUT2D eigenvalue weighted by atomic mass is 10.1. The lowest BCUT2D eigenvalue weighted by Gasteiger charge is -2.16. The monoisotopic (exact) mass is 421 g/mol. The Bertz CT molecular complexity index is 1260. The Morgan fingerprint density at radius 2 is 1.93 bits per heavy atom. The molecule has 0 saturated carbocycles. The summed E-state index contributed by atoms with van der Waals surface area (Å²) in [6.07, 6.45) is 1.38. The number of halogens is 1. The maximum Gasteiger partial charge on any atom is 0.301 e. The van der Waals surface area contributed by atoms with E-state index in [1.807, 2.05) is 0 Å². The second-order valence-corrected chi connectivity index (χ2v) is 8.64. The lowest BCUT2D eigenvalue weighted by Crippen LogP contribution is -2.29. The minimum absolute atomic E-state index is 0.00410. The molecule has 12 heteroatoms. The van der Waals surface area contributed by atoms with Gasteiger partial charge in [0.05, 0.1) is 11.9 Å². The molecule has 10 nitrogen and oxygen atoms in total. The third kappa shape index (κ3) is 3.89. The molecule has 154 valence electrons. The van der Waals surface area contributed by atoms with E-state index in [2.05, 4.69) is 19.7 Å². The van der Waals surface area contributed by atoms with Crippen LogP contribution < -0.4 is 16.0 Å². The molecule has 0 bridgehead atoms. The van der Waals surface area contributed by atoms with Crippen LogP contribution >= 0.6 is 0 Å². The minimum Gasteiger partial charge on any atom is -0.368 e. The Kier molecular flexibility index (Phi) is 5.24. The molecule has 3 N–H and O–H groups in total. The number of aromatic nitrogens is 4. The van der Waals surface area contributed by atoms with Crippen molar-refractivity contribution in [3.05, 3.63) is 40.6 Å². The summed E-state index contributed by atoms with van der Waals surface area (Å²) < 4.78 is 42.8. The Morgan fingerprint density at radius 1 is 1.24 bits per heavy atom. The summed E-state index contributed by atoms with van der Waals surface area (Å²) in [5, 5.41) is 0. The highest BCUT2D eigenvalue weighted by atomic mass is 32.2. The molecule has 0 aliphatic heterocycles. The van der Waals surface area contributed by atoms with E-state index in [0.717, 1.165) is 10.4 Å². The molecule has 2 aromatic heterocycles. The molecule has 0 radical (unpaired) electrons. The van der Waals surface area contributed by atoms with E-state index in [-0.39, 0.29) is 34.6 Å². The number of nitrogens with zero attached hydrogens (tertiary/aromatic N) is 5. The minimum atomic E-state index is -3.88. The van der Waals surface area contributed by atoms with Crippen LogP contribution in [0.5, 0.6) is 0 Å². The summed E-state index contributed by atoms with van der Waals surface area (Å²) >= 11 is 0. The van der Waals surface area contributed by atoms with E-state index in [4.69, 9.17) is 5.73 Å². The van der Waals surface area contributed by atoms with Crippen LogP contribution in [0, 0.1) is 5.82 Å². The molecule has 0 fully saturated rings. The Balaban J connectivity index is 2.17. The Hall–Kier alpha value is -3.12. The maximum absolute atomic E-state index is 14.6. The summed E-state index contributed by atoms with van der Waals surface area (Å²) in [5.41, 5.74) is 5.67. The largest absolute Gasteiger partial charge is 0.368 e. The zero-order chi connectivity index (χ0) is 21.5. The van der Waals surface area contributed by atoms with Crippen LogP contribution in [0.3, 0.4) is 0 Å². The van der Waals surface area contributed by atoms with Gasteiger partial charge in [0.15, 0.2) is 5.65 Å². The fraction of sp³-hybridized carbons (Fsp3) is 0.294. The van der Waals surface area contributed by atoms with Gasteiger partial charge in [-0.05, 0) is 26.0 Å². The van der Waals surface area contributed by atoms with Gasteiger partial charge in [-0.15, -0.1) is 0 Å². The van der Waals surface area contributed by atoms with Gasteiger partial charge in [0.1, 0.15) is 17.0 Å². The van der Waals surface area contributed by atoms with Gasteiger partial charge < -0.3 is 5.73 Å². The molecular weight excluding hydrogens is 401 g/mol. The molecule has 29 heavy (non-hydrogen) atoms. The predicted molar refractivity (Wildman–Crippen MR) is 108 cm³/mol. The van der Waals surface area contributed by atoms with Gasteiger partial charge in [0.25, 0.3) is 5.56 Å². The number of fused-ring (bicyclic) bond motifs is 1. The predicted octanol–water partition coefficient (Wildman–Crippen LogP) is 1.37. The SMILES string of the molecule is CC(C)n1c(=O)c(-c2ccc(NS(=O)(=O)N(C)C)c(F)c2)nc2cnc(N)nc21. The standard InChI is InChI=1S/C17H20FN7O3S/c1-9(2)25-15-13(8-20-17(19)22-15)21-14(16(25)26)10-5-6-12(11(18)7-10)23-29(27,28)24(3)4/h5-9,23H,1-4H3,(H2,19,20,22). The van der Waals surface area contributed by atoms with Crippen molar-refractivity contribution in [2.24, 2.45) is 0 Å². The van der Waals surface area contributed by atoms with Crippen molar-refractivity contribution in [2.75, 3.05) is 24.6 Å². The second-order valence-electron chi connectivity index (χ2n) is 6.75. The number of anilines is 2. The van der Waals surface area contributed by atoms with Crippen molar-refractivity contribution in [1.82, 2.24) is 23.8 Å². The number of rotatable bonds is 5. The summed E-state index contributed by atoms with van der Waals surface area (Å²) in [4.78, 5) is 25.3. The highest BCUT2D eigenvalue weighted by Crippen LogP contribution is 2.24. The van der Waals surface area contributed by atoms with Crippen molar-refractivity contribution < 1.29 is 12.8 Å². The molecular formula is C17H20FN7O3S. The first-order chi connectivity index (χ1) is 13.5. The average Bonchev–Trinajstić information content (AvgIpc) is 2.62. The van der Waals surface area contributed by atoms with E-state index >= 15 is 0 Å². The second kappa shape index (κ2) is 7.37. The molecule has 0 spiro atoms. The first-order valence-corrected chi connectivity index (χ1v) is 10.00. The smallest absolute Gasteiger partial charge is 0.301 e. The van der Waals surface area contributed by atoms with E-state index < -0.39 is 21.6 Å².